The van der Waals surface area contributed by atoms with E-state index in [2.05, 4.69) is 23.3 Å². The van der Waals surface area contributed by atoms with Gasteiger partial charge < -0.3 is 14.6 Å². The van der Waals surface area contributed by atoms with E-state index in [4.69, 9.17) is 16.0 Å². The first-order chi connectivity index (χ1) is 9.25. The lowest BCUT2D eigenvalue weighted by Crippen LogP contribution is -2.35. The van der Waals surface area contributed by atoms with Crippen molar-refractivity contribution in [2.45, 2.75) is 25.4 Å². The topological polar surface area (TPSA) is 28.4 Å². The average molecular weight is 279 g/mol. The highest BCUT2D eigenvalue weighted by Gasteiger charge is 2.20. The van der Waals surface area contributed by atoms with Crippen LogP contribution in [0.25, 0.3) is 11.0 Å². The largest absolute Gasteiger partial charge is 0.444 e. The van der Waals surface area contributed by atoms with E-state index >= 15 is 0 Å². The fraction of sp³-hybridized carbons (Fsp3) is 0.467. The van der Waals surface area contributed by atoms with Gasteiger partial charge in [-0.3, -0.25) is 0 Å². The van der Waals surface area contributed by atoms with Gasteiger partial charge in [0.05, 0.1) is 0 Å². The summed E-state index contributed by atoms with van der Waals surface area (Å²) in [6.45, 7) is 2.98. The van der Waals surface area contributed by atoms with Gasteiger partial charge in [-0.1, -0.05) is 18.2 Å². The summed E-state index contributed by atoms with van der Waals surface area (Å²) in [5.41, 5.74) is 1.93. The van der Waals surface area contributed by atoms with E-state index in [1.54, 1.807) is 0 Å². The molecule has 1 saturated heterocycles. The summed E-state index contributed by atoms with van der Waals surface area (Å²) in [6.07, 6.45) is 2.58. The minimum atomic E-state index is 0.508. The Morgan fingerprint density at radius 2 is 2.26 bits per heavy atom. The van der Waals surface area contributed by atoms with E-state index in [0.29, 0.717) is 11.3 Å². The lowest BCUT2D eigenvalue weighted by atomic mass is 10.1. The molecule has 1 fully saturated rings. The van der Waals surface area contributed by atoms with Crippen molar-refractivity contribution in [3.63, 3.8) is 0 Å². The predicted molar refractivity (Wildman–Crippen MR) is 78.6 cm³/mol. The normalized spacial score (nSPS) is 20.4. The predicted octanol–water partition coefficient (Wildman–Crippen LogP) is 3.27. The second-order valence-electron chi connectivity index (χ2n) is 5.26. The molecule has 1 aromatic heterocycles. The molecule has 0 amide bonds. The second-order valence-corrected chi connectivity index (χ2v) is 5.60. The van der Waals surface area contributed by atoms with Gasteiger partial charge in [-0.05, 0) is 44.1 Å². The van der Waals surface area contributed by atoms with Gasteiger partial charge in [-0.25, -0.2) is 0 Å². The molecule has 2 aromatic rings. The van der Waals surface area contributed by atoms with Gasteiger partial charge in [0.15, 0.2) is 5.22 Å². The molecule has 3 rings (SSSR count). The molecule has 3 nitrogen and oxygen atoms in total. The zero-order valence-corrected chi connectivity index (χ0v) is 11.9. The second kappa shape index (κ2) is 5.53. The number of likely N-dealkylation sites (N-methyl/N-ethyl adjacent to an activating group) is 1. The summed E-state index contributed by atoms with van der Waals surface area (Å²) in [5.74, 6) is 0. The molecule has 1 N–H and O–H groups in total. The number of fused-ring (bicyclic) bond motifs is 1. The number of hydrogen-bond acceptors (Lipinski definition) is 3. The van der Waals surface area contributed by atoms with Crippen molar-refractivity contribution in [3.8, 4) is 0 Å². The first-order valence-corrected chi connectivity index (χ1v) is 7.20. The van der Waals surface area contributed by atoms with Crippen LogP contribution in [0, 0.1) is 0 Å². The van der Waals surface area contributed by atoms with Crippen LogP contribution < -0.4 is 5.32 Å². The first kappa shape index (κ1) is 13.0. The summed E-state index contributed by atoms with van der Waals surface area (Å²) in [5, 5.41) is 5.13. The highest BCUT2D eigenvalue weighted by Crippen LogP contribution is 2.29. The standard InChI is InChI=1S/C15H19ClN2O/c1-18-8-4-5-11(18)9-17-10-13-12-6-2-3-7-14(12)19-15(13)16/h2-3,6-7,11,17H,4-5,8-10H2,1H3. The number of nitrogens with one attached hydrogen (secondary N) is 1. The molecule has 102 valence electrons. The Balaban J connectivity index is 1.66. The Morgan fingerprint density at radius 3 is 3.05 bits per heavy atom. The molecule has 2 heterocycles. The van der Waals surface area contributed by atoms with E-state index < -0.39 is 0 Å². The maximum Gasteiger partial charge on any atom is 0.199 e. The molecular formula is C15H19ClN2O. The highest BCUT2D eigenvalue weighted by atomic mass is 35.5. The van der Waals surface area contributed by atoms with Crippen LogP contribution in [0.3, 0.4) is 0 Å². The number of hydrogen-bond donors (Lipinski definition) is 1. The maximum atomic E-state index is 6.17. The Labute approximate surface area is 118 Å². The summed E-state index contributed by atoms with van der Waals surface area (Å²) < 4.78 is 5.56. The summed E-state index contributed by atoms with van der Waals surface area (Å²) in [7, 11) is 2.19. The molecule has 0 aliphatic carbocycles. The maximum absolute atomic E-state index is 6.17. The Morgan fingerprint density at radius 1 is 1.42 bits per heavy atom. The van der Waals surface area contributed by atoms with Crippen LogP contribution in [0.4, 0.5) is 0 Å². The number of benzene rings is 1. The summed E-state index contributed by atoms with van der Waals surface area (Å²) in [4.78, 5) is 2.42. The zero-order valence-electron chi connectivity index (χ0n) is 11.2. The first-order valence-electron chi connectivity index (χ1n) is 6.82. The van der Waals surface area contributed by atoms with Crippen molar-refractivity contribution in [1.82, 2.24) is 10.2 Å². The number of para-hydroxylation sites is 1. The van der Waals surface area contributed by atoms with E-state index in [-0.39, 0.29) is 0 Å². The van der Waals surface area contributed by atoms with Gasteiger partial charge in [0, 0.05) is 30.1 Å². The minimum absolute atomic E-state index is 0.508. The molecule has 0 saturated carbocycles. The molecule has 1 aliphatic heterocycles. The van der Waals surface area contributed by atoms with Crippen LogP contribution in [0.2, 0.25) is 5.22 Å². The molecule has 0 radical (unpaired) electrons. The third-order valence-corrected chi connectivity index (χ3v) is 4.31. The van der Waals surface area contributed by atoms with Crippen molar-refractivity contribution >= 4 is 22.6 Å². The van der Waals surface area contributed by atoms with Crippen LogP contribution in [-0.2, 0) is 6.54 Å². The molecule has 1 aromatic carbocycles. The Kier molecular flexibility index (Phi) is 3.78. The van der Waals surface area contributed by atoms with E-state index in [9.17, 15) is 0 Å². The van der Waals surface area contributed by atoms with Crippen molar-refractivity contribution < 1.29 is 4.42 Å². The fourth-order valence-corrected chi connectivity index (χ4v) is 3.09. The molecule has 0 spiro atoms. The zero-order chi connectivity index (χ0) is 13.2. The lowest BCUT2D eigenvalue weighted by Gasteiger charge is -2.19. The molecule has 1 aliphatic rings. The van der Waals surface area contributed by atoms with Crippen LogP contribution >= 0.6 is 11.6 Å². The van der Waals surface area contributed by atoms with Gasteiger partial charge in [0.2, 0.25) is 0 Å². The average Bonchev–Trinajstić information content (AvgIpc) is 2.94. The summed E-state index contributed by atoms with van der Waals surface area (Å²) in [6, 6.07) is 8.64. The van der Waals surface area contributed by atoms with Crippen LogP contribution in [0.1, 0.15) is 18.4 Å². The van der Waals surface area contributed by atoms with Gasteiger partial charge in [0.1, 0.15) is 5.58 Å². The molecular weight excluding hydrogens is 260 g/mol. The molecule has 1 atom stereocenters. The quantitative estimate of drug-likeness (QED) is 0.930. The molecule has 19 heavy (non-hydrogen) atoms. The number of nitrogens with zero attached hydrogens (tertiary/aromatic N) is 1. The third-order valence-electron chi connectivity index (χ3n) is 4.00. The Bertz CT molecular complexity index is 566. The monoisotopic (exact) mass is 278 g/mol. The highest BCUT2D eigenvalue weighted by molar-refractivity contribution is 6.30. The fourth-order valence-electron chi connectivity index (χ4n) is 2.83. The molecule has 1 unspecified atom stereocenters. The van der Waals surface area contributed by atoms with Crippen molar-refractivity contribution in [2.24, 2.45) is 0 Å². The van der Waals surface area contributed by atoms with E-state index in [1.807, 2.05) is 18.2 Å². The Hall–Kier alpha value is -1.03. The van der Waals surface area contributed by atoms with Crippen LogP contribution in [-0.4, -0.2) is 31.1 Å². The number of likely N-dealkylation sites (tertiary alicyclic amines) is 1. The van der Waals surface area contributed by atoms with E-state index in [1.165, 1.54) is 19.4 Å². The molecule has 0 bridgehead atoms. The van der Waals surface area contributed by atoms with Crippen LogP contribution in [0.15, 0.2) is 28.7 Å². The molecule has 4 heteroatoms. The van der Waals surface area contributed by atoms with Gasteiger partial charge in [-0.2, -0.15) is 0 Å². The van der Waals surface area contributed by atoms with Crippen LogP contribution in [0.5, 0.6) is 0 Å². The van der Waals surface area contributed by atoms with Gasteiger partial charge in [-0.15, -0.1) is 0 Å². The lowest BCUT2D eigenvalue weighted by molar-refractivity contribution is 0.300. The number of rotatable bonds is 4. The van der Waals surface area contributed by atoms with Gasteiger partial charge >= 0.3 is 0 Å². The summed E-state index contributed by atoms with van der Waals surface area (Å²) >= 11 is 6.17. The smallest absolute Gasteiger partial charge is 0.199 e. The SMILES string of the molecule is CN1CCCC1CNCc1c(Cl)oc2ccccc12. The third kappa shape index (κ3) is 2.64. The number of furan rings is 1. The van der Waals surface area contributed by atoms with Crippen molar-refractivity contribution in [2.75, 3.05) is 20.1 Å². The van der Waals surface area contributed by atoms with Crippen molar-refractivity contribution in [1.29, 1.82) is 0 Å². The minimum Gasteiger partial charge on any atom is -0.444 e. The number of halogens is 1. The van der Waals surface area contributed by atoms with E-state index in [0.717, 1.165) is 29.6 Å². The van der Waals surface area contributed by atoms with Crippen molar-refractivity contribution in [3.05, 3.63) is 35.0 Å². The van der Waals surface area contributed by atoms with Gasteiger partial charge in [0.25, 0.3) is 0 Å².